The van der Waals surface area contributed by atoms with E-state index >= 15 is 0 Å². The third-order valence-corrected chi connectivity index (χ3v) is 5.71. The van der Waals surface area contributed by atoms with Crippen LogP contribution in [-0.4, -0.2) is 64.9 Å². The molecule has 0 spiro atoms. The number of non-ortho nitro benzene ring substituents is 1. The standard InChI is InChI=1S/C17H17N5O6S/c23-6-12-13(24)14(25)17(28-12)21-15-11(5-20-21)16(19-8-18-15)29-7-9-1-3-10(4-2-9)22(26)27/h1-5,8,12-14,17,23-25H,6-7H2/t12-,13-,14-,17-/m1/s1. The smallest absolute Gasteiger partial charge is 0.269 e. The van der Waals surface area contributed by atoms with Gasteiger partial charge >= 0.3 is 0 Å². The van der Waals surface area contributed by atoms with Crippen molar-refractivity contribution in [3.63, 3.8) is 0 Å². The number of aromatic nitrogens is 4. The van der Waals surface area contributed by atoms with Crippen molar-refractivity contribution in [1.29, 1.82) is 0 Å². The fraction of sp³-hybridized carbons (Fsp3) is 0.353. The van der Waals surface area contributed by atoms with E-state index in [0.29, 0.717) is 21.8 Å². The first-order valence-corrected chi connectivity index (χ1v) is 9.65. The normalized spacial score (nSPS) is 24.2. The SMILES string of the molecule is O=[N+]([O-])c1ccc(CSc2ncnc3c2cnn3[C@@H]2O[C@H](CO)[C@@H](O)[C@H]2O)cc1. The van der Waals surface area contributed by atoms with Gasteiger partial charge < -0.3 is 20.1 Å². The maximum Gasteiger partial charge on any atom is 0.269 e. The van der Waals surface area contributed by atoms with Crippen molar-refractivity contribution >= 4 is 28.5 Å². The predicted molar refractivity (Wildman–Crippen MR) is 101 cm³/mol. The molecular formula is C17H17N5O6S. The number of hydrogen-bond acceptors (Lipinski definition) is 10. The largest absolute Gasteiger partial charge is 0.394 e. The lowest BCUT2D eigenvalue weighted by atomic mass is 10.1. The van der Waals surface area contributed by atoms with E-state index in [0.717, 1.165) is 5.56 Å². The molecule has 1 aromatic carbocycles. The first-order chi connectivity index (χ1) is 14.0. The quantitative estimate of drug-likeness (QED) is 0.224. The van der Waals surface area contributed by atoms with Crippen molar-refractivity contribution in [2.24, 2.45) is 0 Å². The number of rotatable bonds is 6. The summed E-state index contributed by atoms with van der Waals surface area (Å²) in [6, 6.07) is 6.27. The fourth-order valence-electron chi connectivity index (χ4n) is 3.09. The minimum Gasteiger partial charge on any atom is -0.394 e. The Morgan fingerprint density at radius 1 is 1.21 bits per heavy atom. The van der Waals surface area contributed by atoms with E-state index in [-0.39, 0.29) is 5.69 Å². The number of hydrogen-bond donors (Lipinski definition) is 3. The summed E-state index contributed by atoms with van der Waals surface area (Å²) >= 11 is 1.41. The monoisotopic (exact) mass is 419 g/mol. The number of aliphatic hydroxyl groups excluding tert-OH is 3. The molecule has 1 aliphatic rings. The van der Waals surface area contributed by atoms with Gasteiger partial charge in [-0.2, -0.15) is 5.10 Å². The average Bonchev–Trinajstić information content (AvgIpc) is 3.28. The predicted octanol–water partition coefficient (Wildman–Crippen LogP) is 0.638. The maximum atomic E-state index is 10.7. The van der Waals surface area contributed by atoms with Crippen LogP contribution in [0.5, 0.6) is 0 Å². The lowest BCUT2D eigenvalue weighted by Crippen LogP contribution is -2.33. The Balaban J connectivity index is 1.55. The molecule has 1 saturated heterocycles. The molecule has 0 amide bonds. The number of thioether (sulfide) groups is 1. The molecule has 3 aromatic rings. The van der Waals surface area contributed by atoms with E-state index in [1.54, 1.807) is 18.3 Å². The molecule has 2 aromatic heterocycles. The van der Waals surface area contributed by atoms with Crippen molar-refractivity contribution < 1.29 is 25.0 Å². The molecule has 29 heavy (non-hydrogen) atoms. The Morgan fingerprint density at radius 2 is 1.97 bits per heavy atom. The number of nitro benzene ring substituents is 1. The van der Waals surface area contributed by atoms with Gasteiger partial charge in [0.15, 0.2) is 11.9 Å². The van der Waals surface area contributed by atoms with E-state index in [2.05, 4.69) is 15.1 Å². The lowest BCUT2D eigenvalue weighted by molar-refractivity contribution is -0.384. The number of aliphatic hydroxyl groups is 3. The molecule has 0 saturated carbocycles. The lowest BCUT2D eigenvalue weighted by Gasteiger charge is -2.15. The summed E-state index contributed by atoms with van der Waals surface area (Å²) in [7, 11) is 0. The fourth-order valence-corrected chi connectivity index (χ4v) is 4.01. The zero-order chi connectivity index (χ0) is 20.5. The van der Waals surface area contributed by atoms with Gasteiger partial charge in [-0.05, 0) is 5.56 Å². The molecule has 4 atom stereocenters. The van der Waals surface area contributed by atoms with Crippen LogP contribution in [0, 0.1) is 10.1 Å². The summed E-state index contributed by atoms with van der Waals surface area (Å²) in [5, 5.41) is 45.7. The number of nitrogens with zero attached hydrogens (tertiary/aromatic N) is 5. The number of benzene rings is 1. The molecule has 3 heterocycles. The zero-order valence-corrected chi connectivity index (χ0v) is 15.7. The Kier molecular flexibility index (Phi) is 5.43. The van der Waals surface area contributed by atoms with Crippen molar-refractivity contribution in [2.75, 3.05) is 6.61 Å². The molecule has 0 unspecified atom stereocenters. The molecule has 11 nitrogen and oxygen atoms in total. The maximum absolute atomic E-state index is 10.7. The van der Waals surface area contributed by atoms with Gasteiger partial charge in [-0.15, -0.1) is 11.8 Å². The minimum atomic E-state index is -1.26. The van der Waals surface area contributed by atoms with E-state index in [4.69, 9.17) is 4.74 Å². The second-order valence-corrected chi connectivity index (χ2v) is 7.41. The van der Waals surface area contributed by atoms with E-state index in [9.17, 15) is 25.4 Å². The summed E-state index contributed by atoms with van der Waals surface area (Å²) in [5.74, 6) is 0.531. The number of ether oxygens (including phenoxy) is 1. The topological polar surface area (TPSA) is 157 Å². The Morgan fingerprint density at radius 3 is 2.62 bits per heavy atom. The van der Waals surface area contributed by atoms with Gasteiger partial charge in [0.25, 0.3) is 5.69 Å². The summed E-state index contributed by atoms with van der Waals surface area (Å²) in [6.07, 6.45) is -1.49. The summed E-state index contributed by atoms with van der Waals surface area (Å²) in [5.41, 5.74) is 1.34. The second kappa shape index (κ2) is 8.00. The summed E-state index contributed by atoms with van der Waals surface area (Å²) < 4.78 is 6.87. The molecule has 1 aliphatic heterocycles. The highest BCUT2D eigenvalue weighted by Gasteiger charge is 2.44. The van der Waals surface area contributed by atoms with Crippen LogP contribution >= 0.6 is 11.8 Å². The summed E-state index contributed by atoms with van der Waals surface area (Å²) in [6.45, 7) is -0.431. The van der Waals surface area contributed by atoms with E-state index < -0.39 is 36.1 Å². The van der Waals surface area contributed by atoms with Gasteiger partial charge in [-0.3, -0.25) is 10.1 Å². The highest BCUT2D eigenvalue weighted by atomic mass is 32.2. The zero-order valence-electron chi connectivity index (χ0n) is 14.9. The second-order valence-electron chi connectivity index (χ2n) is 6.45. The molecule has 1 fully saturated rings. The van der Waals surface area contributed by atoms with Crippen LogP contribution in [0.4, 0.5) is 5.69 Å². The first-order valence-electron chi connectivity index (χ1n) is 8.66. The van der Waals surface area contributed by atoms with Gasteiger partial charge in [0.2, 0.25) is 0 Å². The first kappa shape index (κ1) is 19.7. The highest BCUT2D eigenvalue weighted by molar-refractivity contribution is 7.98. The molecule has 3 N–H and O–H groups in total. The molecule has 0 aliphatic carbocycles. The number of fused-ring (bicyclic) bond motifs is 1. The van der Waals surface area contributed by atoms with Crippen molar-refractivity contribution in [3.8, 4) is 0 Å². The molecule has 0 radical (unpaired) electrons. The Labute approximate surface area is 168 Å². The van der Waals surface area contributed by atoms with Crippen LogP contribution in [0.15, 0.2) is 41.8 Å². The van der Waals surface area contributed by atoms with Crippen LogP contribution in [-0.2, 0) is 10.5 Å². The number of nitro groups is 1. The third-order valence-electron chi connectivity index (χ3n) is 4.64. The molecule has 0 bridgehead atoms. The molecule has 4 rings (SSSR count). The van der Waals surface area contributed by atoms with E-state index in [1.165, 1.54) is 34.9 Å². The van der Waals surface area contributed by atoms with Crippen molar-refractivity contribution in [2.45, 2.75) is 35.3 Å². The molecular weight excluding hydrogens is 402 g/mol. The van der Waals surface area contributed by atoms with Gasteiger partial charge in [0.05, 0.1) is 23.1 Å². The molecule has 12 heteroatoms. The van der Waals surface area contributed by atoms with Crippen LogP contribution in [0.1, 0.15) is 11.8 Å². The highest BCUT2D eigenvalue weighted by Crippen LogP contribution is 2.33. The van der Waals surface area contributed by atoms with Gasteiger partial charge in [-0.1, -0.05) is 12.1 Å². The Hall–Kier alpha value is -2.64. The van der Waals surface area contributed by atoms with Gasteiger partial charge in [-0.25, -0.2) is 14.6 Å². The van der Waals surface area contributed by atoms with Crippen LogP contribution in [0.25, 0.3) is 11.0 Å². The summed E-state index contributed by atoms with van der Waals surface area (Å²) in [4.78, 5) is 18.8. The Bertz CT molecular complexity index is 1030. The van der Waals surface area contributed by atoms with Crippen molar-refractivity contribution in [1.82, 2.24) is 19.7 Å². The minimum absolute atomic E-state index is 0.0305. The van der Waals surface area contributed by atoms with Gasteiger partial charge in [0.1, 0.15) is 29.7 Å². The third kappa shape index (κ3) is 3.68. The van der Waals surface area contributed by atoms with Crippen molar-refractivity contribution in [3.05, 3.63) is 52.5 Å². The van der Waals surface area contributed by atoms with Gasteiger partial charge in [0, 0.05) is 17.9 Å². The van der Waals surface area contributed by atoms with Crippen LogP contribution in [0.3, 0.4) is 0 Å². The van der Waals surface area contributed by atoms with Crippen LogP contribution in [0.2, 0.25) is 0 Å². The van der Waals surface area contributed by atoms with E-state index in [1.807, 2.05) is 0 Å². The molecule has 152 valence electrons. The average molecular weight is 419 g/mol. The van der Waals surface area contributed by atoms with Crippen LogP contribution < -0.4 is 0 Å².